The quantitative estimate of drug-likeness (QED) is 0.756. The van der Waals surface area contributed by atoms with Gasteiger partial charge >= 0.3 is 12.1 Å². The number of fused-ring (bicyclic) bond motifs is 1. The summed E-state index contributed by atoms with van der Waals surface area (Å²) in [4.78, 5) is 25.4. The standard InChI is InChI=1S/C13H17F3N2O4/c1-3-18-9(19)6-8-7-17(5-4-12(8,18)21)10(11(20)22-2)13(14,15)16/h6,10,21H,3-5,7H2,1-2H3/t10-,12-/m0/s1. The van der Waals surface area contributed by atoms with Crippen LogP contribution in [0.1, 0.15) is 13.3 Å². The van der Waals surface area contributed by atoms with E-state index in [0.29, 0.717) is 0 Å². The second kappa shape index (κ2) is 5.54. The van der Waals surface area contributed by atoms with Gasteiger partial charge in [-0.3, -0.25) is 9.69 Å². The molecule has 1 fully saturated rings. The molecule has 2 atom stereocenters. The number of hydrogen-bond acceptors (Lipinski definition) is 5. The maximum absolute atomic E-state index is 13.1. The van der Waals surface area contributed by atoms with E-state index in [1.54, 1.807) is 6.92 Å². The Kier molecular flexibility index (Phi) is 4.22. The van der Waals surface area contributed by atoms with Crippen molar-refractivity contribution >= 4 is 11.9 Å². The highest BCUT2D eigenvalue weighted by atomic mass is 19.4. The average Bonchev–Trinajstić information content (AvgIpc) is 2.66. The van der Waals surface area contributed by atoms with Gasteiger partial charge in [-0.25, -0.2) is 4.79 Å². The number of aliphatic hydroxyl groups is 1. The van der Waals surface area contributed by atoms with Crippen LogP contribution >= 0.6 is 0 Å². The fourth-order valence-corrected chi connectivity index (χ4v) is 3.00. The van der Waals surface area contributed by atoms with Gasteiger partial charge in [0, 0.05) is 37.7 Å². The lowest BCUT2D eigenvalue weighted by atomic mass is 9.94. The van der Waals surface area contributed by atoms with Crippen molar-refractivity contribution in [1.82, 2.24) is 9.80 Å². The van der Waals surface area contributed by atoms with E-state index in [9.17, 15) is 27.9 Å². The van der Waals surface area contributed by atoms with Crippen LogP contribution in [0.5, 0.6) is 0 Å². The zero-order valence-corrected chi connectivity index (χ0v) is 12.2. The summed E-state index contributed by atoms with van der Waals surface area (Å²) in [6.45, 7) is 1.41. The third kappa shape index (κ3) is 2.58. The van der Waals surface area contributed by atoms with Gasteiger partial charge in [0.05, 0.1) is 7.11 Å². The summed E-state index contributed by atoms with van der Waals surface area (Å²) in [6, 6.07) is -2.41. The number of rotatable bonds is 3. The van der Waals surface area contributed by atoms with E-state index in [4.69, 9.17) is 0 Å². The number of likely N-dealkylation sites (tertiary alicyclic amines) is 1. The smallest absolute Gasteiger partial charge is 0.414 e. The van der Waals surface area contributed by atoms with Crippen LogP contribution in [0.15, 0.2) is 11.6 Å². The van der Waals surface area contributed by atoms with Crippen molar-refractivity contribution in [1.29, 1.82) is 0 Å². The minimum Gasteiger partial charge on any atom is -0.468 e. The van der Waals surface area contributed by atoms with Gasteiger partial charge in [-0.1, -0.05) is 0 Å². The van der Waals surface area contributed by atoms with Crippen LogP contribution in [0.25, 0.3) is 0 Å². The zero-order chi connectivity index (χ0) is 16.7. The summed E-state index contributed by atoms with van der Waals surface area (Å²) < 4.78 is 43.5. The fourth-order valence-electron chi connectivity index (χ4n) is 3.00. The fraction of sp³-hybridized carbons (Fsp3) is 0.692. The Hall–Kier alpha value is -1.61. The maximum Gasteiger partial charge on any atom is 0.414 e. The van der Waals surface area contributed by atoms with Crippen molar-refractivity contribution in [2.75, 3.05) is 26.7 Å². The van der Waals surface area contributed by atoms with Crippen LogP contribution in [0.3, 0.4) is 0 Å². The number of hydrogen-bond donors (Lipinski definition) is 1. The van der Waals surface area contributed by atoms with Crippen molar-refractivity contribution < 1.29 is 32.6 Å². The number of piperidine rings is 1. The van der Waals surface area contributed by atoms with E-state index >= 15 is 0 Å². The molecule has 1 saturated heterocycles. The number of alkyl halides is 3. The van der Waals surface area contributed by atoms with Crippen molar-refractivity contribution in [3.8, 4) is 0 Å². The van der Waals surface area contributed by atoms with Crippen molar-refractivity contribution in [2.45, 2.75) is 31.3 Å². The van der Waals surface area contributed by atoms with Crippen molar-refractivity contribution in [3.05, 3.63) is 11.6 Å². The average molecular weight is 322 g/mol. The molecule has 0 saturated carbocycles. The van der Waals surface area contributed by atoms with Gasteiger partial charge in [-0.2, -0.15) is 13.2 Å². The van der Waals surface area contributed by atoms with Crippen LogP contribution in [0, 0.1) is 0 Å². The molecule has 2 heterocycles. The second-order valence-corrected chi connectivity index (χ2v) is 5.26. The molecule has 0 aromatic rings. The lowest BCUT2D eigenvalue weighted by Gasteiger charge is -2.44. The van der Waals surface area contributed by atoms with Gasteiger partial charge in [0.15, 0.2) is 5.72 Å². The van der Waals surface area contributed by atoms with Crippen LogP contribution in [0.4, 0.5) is 13.2 Å². The number of likely N-dealkylation sites (N-methyl/N-ethyl adjacent to an activating group) is 1. The lowest BCUT2D eigenvalue weighted by Crippen LogP contribution is -2.60. The number of ether oxygens (including phenoxy) is 1. The van der Waals surface area contributed by atoms with E-state index in [0.717, 1.165) is 18.1 Å². The third-order valence-corrected chi connectivity index (χ3v) is 4.06. The molecule has 0 aliphatic carbocycles. The molecule has 0 aromatic heterocycles. The number of nitrogens with zero attached hydrogens (tertiary/aromatic N) is 2. The molecule has 0 spiro atoms. The number of halogens is 3. The number of esters is 1. The maximum atomic E-state index is 13.1. The lowest BCUT2D eigenvalue weighted by molar-refractivity contribution is -0.206. The third-order valence-electron chi connectivity index (χ3n) is 4.06. The molecule has 1 N–H and O–H groups in total. The molecule has 2 rings (SSSR count). The van der Waals surface area contributed by atoms with Crippen LogP contribution in [-0.4, -0.2) is 71.5 Å². The Morgan fingerprint density at radius 1 is 1.55 bits per heavy atom. The normalized spacial score (nSPS) is 27.5. The van der Waals surface area contributed by atoms with Crippen LogP contribution < -0.4 is 0 Å². The molecule has 2 aliphatic heterocycles. The first-order chi connectivity index (χ1) is 10.1. The minimum atomic E-state index is -4.80. The van der Waals surface area contributed by atoms with E-state index in [-0.39, 0.29) is 31.6 Å². The molecule has 22 heavy (non-hydrogen) atoms. The summed E-state index contributed by atoms with van der Waals surface area (Å²) in [5.74, 6) is -1.85. The Morgan fingerprint density at radius 3 is 2.68 bits per heavy atom. The molecule has 0 aromatic carbocycles. The van der Waals surface area contributed by atoms with Gasteiger partial charge in [-0.15, -0.1) is 0 Å². The van der Waals surface area contributed by atoms with E-state index in [1.807, 2.05) is 0 Å². The highest BCUT2D eigenvalue weighted by molar-refractivity contribution is 5.92. The summed E-state index contributed by atoms with van der Waals surface area (Å²) in [7, 11) is 0.887. The summed E-state index contributed by atoms with van der Waals surface area (Å²) in [6.07, 6.45) is -3.75. The molecule has 124 valence electrons. The van der Waals surface area contributed by atoms with Crippen LogP contribution in [0.2, 0.25) is 0 Å². The molecule has 6 nitrogen and oxygen atoms in total. The number of carbonyl (C=O) groups excluding carboxylic acids is 2. The number of carbonyl (C=O) groups is 2. The zero-order valence-electron chi connectivity index (χ0n) is 12.2. The molecule has 0 radical (unpaired) electrons. The van der Waals surface area contributed by atoms with E-state index < -0.39 is 29.8 Å². The second-order valence-electron chi connectivity index (χ2n) is 5.26. The summed E-state index contributed by atoms with van der Waals surface area (Å²) in [5.41, 5.74) is -1.39. The Morgan fingerprint density at radius 2 is 2.18 bits per heavy atom. The van der Waals surface area contributed by atoms with Gasteiger partial charge in [0.1, 0.15) is 0 Å². The van der Waals surface area contributed by atoms with Gasteiger partial charge in [-0.05, 0) is 6.92 Å². The monoisotopic (exact) mass is 322 g/mol. The molecule has 9 heteroatoms. The molecule has 2 aliphatic rings. The van der Waals surface area contributed by atoms with Crippen molar-refractivity contribution in [3.63, 3.8) is 0 Å². The predicted octanol–water partition coefficient (Wildman–Crippen LogP) is 0.273. The predicted molar refractivity (Wildman–Crippen MR) is 68.5 cm³/mol. The molecule has 1 amide bonds. The number of methoxy groups -OCH3 is 1. The Bertz CT molecular complexity index is 520. The Balaban J connectivity index is 2.27. The summed E-state index contributed by atoms with van der Waals surface area (Å²) in [5, 5.41) is 10.6. The molecule has 0 unspecified atom stereocenters. The largest absolute Gasteiger partial charge is 0.468 e. The van der Waals surface area contributed by atoms with Crippen molar-refractivity contribution in [2.24, 2.45) is 0 Å². The highest BCUT2D eigenvalue weighted by Gasteiger charge is 2.55. The minimum absolute atomic E-state index is 0.0953. The Labute approximate surface area is 125 Å². The topological polar surface area (TPSA) is 70.1 Å². The van der Waals surface area contributed by atoms with Gasteiger partial charge in [0.2, 0.25) is 11.9 Å². The SMILES string of the molecule is CCN1C(=O)C=C2CN([C@@H](C(=O)OC)C(F)(F)F)CC[C@]21O. The van der Waals surface area contributed by atoms with E-state index in [1.165, 1.54) is 4.90 Å². The molecular weight excluding hydrogens is 305 g/mol. The first kappa shape index (κ1) is 16.8. The molecular formula is C13H17F3N2O4. The first-order valence-electron chi connectivity index (χ1n) is 6.78. The first-order valence-corrected chi connectivity index (χ1v) is 6.78. The summed E-state index contributed by atoms with van der Waals surface area (Å²) >= 11 is 0. The van der Waals surface area contributed by atoms with Crippen LogP contribution in [-0.2, 0) is 14.3 Å². The van der Waals surface area contributed by atoms with Gasteiger partial charge in [0.25, 0.3) is 0 Å². The van der Waals surface area contributed by atoms with E-state index in [2.05, 4.69) is 4.74 Å². The van der Waals surface area contributed by atoms with Gasteiger partial charge < -0.3 is 14.7 Å². The highest BCUT2D eigenvalue weighted by Crippen LogP contribution is 2.38. The number of amides is 1. The molecule has 0 bridgehead atoms.